The summed E-state index contributed by atoms with van der Waals surface area (Å²) in [5.41, 5.74) is 10.1. The van der Waals surface area contributed by atoms with Crippen LogP contribution in [0.1, 0.15) is 18.0 Å². The first kappa shape index (κ1) is 30.7. The topological polar surface area (TPSA) is 35.9 Å². The molecule has 0 fully saturated rings. The summed E-state index contributed by atoms with van der Waals surface area (Å²) >= 11 is 0. The van der Waals surface area contributed by atoms with Gasteiger partial charge in [0, 0.05) is 28.8 Å². The molecule has 0 N–H and O–H groups in total. The van der Waals surface area contributed by atoms with E-state index in [4.69, 9.17) is 10.2 Å². The van der Waals surface area contributed by atoms with Gasteiger partial charge >= 0.3 is 21.1 Å². The summed E-state index contributed by atoms with van der Waals surface area (Å²) in [5, 5.41) is 1.10. The van der Waals surface area contributed by atoms with Crippen LogP contribution in [0, 0.1) is 12.4 Å². The molecule has 6 heteroatoms. The molecule has 10 rings (SSSR count). The van der Waals surface area contributed by atoms with E-state index in [-0.39, 0.29) is 45.2 Å². The molecule has 0 aliphatic carbocycles. The van der Waals surface area contributed by atoms with Gasteiger partial charge in [0.25, 0.3) is 6.33 Å². The van der Waals surface area contributed by atoms with Crippen molar-refractivity contribution in [2.75, 3.05) is 0 Å². The Morgan fingerprint density at radius 1 is 0.679 bits per heavy atom. The van der Waals surface area contributed by atoms with Crippen molar-refractivity contribution < 1.29 is 35.9 Å². The second-order valence-electron chi connectivity index (χ2n) is 13.3. The third-order valence-corrected chi connectivity index (χ3v) is 10.0. The largest absolute Gasteiger partial charge is 2.00 e. The summed E-state index contributed by atoms with van der Waals surface area (Å²) < 4.78 is 47.2. The Hall–Kier alpha value is -6.55. The van der Waals surface area contributed by atoms with Gasteiger partial charge in [-0.25, -0.2) is 4.98 Å². The van der Waals surface area contributed by atoms with E-state index in [0.717, 1.165) is 56.6 Å². The van der Waals surface area contributed by atoms with Crippen LogP contribution in [0.15, 0.2) is 182 Å². The third kappa shape index (κ3) is 6.20. The summed E-state index contributed by atoms with van der Waals surface area (Å²) in [6, 6.07) is 53.4. The summed E-state index contributed by atoms with van der Waals surface area (Å²) in [6.07, 6.45) is 6.21. The molecule has 5 nitrogen and oxygen atoms in total. The zero-order valence-corrected chi connectivity index (χ0v) is 32.5. The molecule has 10 aromatic rings. The van der Waals surface area contributed by atoms with Gasteiger partial charge in [-0.3, -0.25) is 9.13 Å². The Morgan fingerprint density at radius 2 is 1.39 bits per heavy atom. The predicted octanol–water partition coefficient (Wildman–Crippen LogP) is 11.7. The number of hydrogen-bond acceptors (Lipinski definition) is 2. The molecule has 56 heavy (non-hydrogen) atoms. The van der Waals surface area contributed by atoms with E-state index in [1.807, 2.05) is 81.9 Å². The van der Waals surface area contributed by atoms with Crippen LogP contribution >= 0.6 is 0 Å². The van der Waals surface area contributed by atoms with Crippen molar-refractivity contribution in [1.29, 1.82) is 0 Å². The van der Waals surface area contributed by atoms with Crippen LogP contribution in [0.25, 0.3) is 72.3 Å². The Kier molecular flexibility index (Phi) is 8.20. The molecule has 3 aromatic heterocycles. The Balaban J connectivity index is 0.00000462. The number of pyridine rings is 1. The number of fused-ring (bicyclic) bond motifs is 4. The third-order valence-electron chi connectivity index (χ3n) is 10.0. The van der Waals surface area contributed by atoms with E-state index in [1.54, 1.807) is 6.20 Å². The average molecular weight is 907 g/mol. The Bertz CT molecular complexity index is 3180. The Labute approximate surface area is 345 Å². The number of hydrogen-bond donors (Lipinski definition) is 0. The normalized spacial score (nSPS) is 12.2. The van der Waals surface area contributed by atoms with Crippen LogP contribution in [-0.2, 0) is 27.5 Å². The summed E-state index contributed by atoms with van der Waals surface area (Å²) in [7, 11) is 0. The van der Waals surface area contributed by atoms with Gasteiger partial charge in [0.15, 0.2) is 0 Å². The quantitative estimate of drug-likeness (QED) is 0.112. The number of imidazole rings is 1. The van der Waals surface area contributed by atoms with Crippen molar-refractivity contribution in [2.24, 2.45) is 0 Å². The molecule has 0 spiro atoms. The molecule has 0 saturated carbocycles. The molecule has 0 saturated heterocycles. The van der Waals surface area contributed by atoms with E-state index in [1.165, 1.54) is 0 Å². The maximum atomic E-state index is 8.93. The molecule has 270 valence electrons. The van der Waals surface area contributed by atoms with Crippen molar-refractivity contribution in [3.63, 3.8) is 0 Å². The fourth-order valence-electron chi connectivity index (χ4n) is 7.44. The molecular weight excluding hydrogens is 868 g/mol. The van der Waals surface area contributed by atoms with Crippen LogP contribution in [0.3, 0.4) is 0 Å². The number of rotatable bonds is 8. The van der Waals surface area contributed by atoms with Crippen molar-refractivity contribution in [1.82, 2.24) is 14.1 Å². The molecule has 0 aliphatic heterocycles. The maximum Gasteiger partial charge on any atom is 2.00 e. The van der Waals surface area contributed by atoms with E-state index < -0.39 is 0 Å². The van der Waals surface area contributed by atoms with Crippen LogP contribution in [-0.4, -0.2) is 14.1 Å². The molecule has 0 bridgehead atoms. The Morgan fingerprint density at radius 3 is 2.16 bits per heavy atom. The second-order valence-corrected chi connectivity index (χ2v) is 13.3. The molecular formula is C50H35N4OPt+. The average Bonchev–Trinajstić information content (AvgIpc) is 3.84. The summed E-state index contributed by atoms with van der Waals surface area (Å²) in [6.45, 7) is 2.06. The predicted molar refractivity (Wildman–Crippen MR) is 221 cm³/mol. The zero-order chi connectivity index (χ0) is 40.2. The molecule has 0 amide bonds. The number of para-hydroxylation sites is 4. The maximum absolute atomic E-state index is 8.93. The van der Waals surface area contributed by atoms with Gasteiger partial charge in [-0.1, -0.05) is 128 Å². The van der Waals surface area contributed by atoms with Crippen LogP contribution < -0.4 is 9.30 Å². The van der Waals surface area contributed by atoms with E-state index in [0.29, 0.717) is 39.1 Å². The first-order chi connectivity index (χ1) is 28.9. The van der Waals surface area contributed by atoms with Crippen LogP contribution in [0.4, 0.5) is 0 Å². The van der Waals surface area contributed by atoms with Crippen molar-refractivity contribution >= 4 is 32.8 Å². The van der Waals surface area contributed by atoms with Gasteiger partial charge in [-0.15, -0.1) is 12.1 Å². The molecule has 0 unspecified atom stereocenters. The summed E-state index contributed by atoms with van der Waals surface area (Å²) in [5.74, 6) is 1.55. The van der Waals surface area contributed by atoms with Gasteiger partial charge < -0.3 is 9.30 Å². The van der Waals surface area contributed by atoms with Gasteiger partial charge in [0.2, 0.25) is 0 Å². The minimum Gasteiger partial charge on any atom is -0.484 e. The smallest absolute Gasteiger partial charge is 0.484 e. The van der Waals surface area contributed by atoms with Crippen molar-refractivity contribution in [2.45, 2.75) is 13.3 Å². The number of benzene rings is 7. The van der Waals surface area contributed by atoms with Crippen molar-refractivity contribution in [3.05, 3.63) is 200 Å². The fraction of sp³-hybridized carbons (Fsp3) is 0.0400. The van der Waals surface area contributed by atoms with Crippen LogP contribution in [0.5, 0.6) is 11.5 Å². The minimum atomic E-state index is -0.295. The van der Waals surface area contributed by atoms with Gasteiger partial charge in [-0.2, -0.15) is 12.1 Å². The number of aryl methyl sites for hydroxylation is 1. The zero-order valence-electron chi connectivity index (χ0n) is 34.2. The molecule has 0 aliphatic rings. The molecule has 0 atom stereocenters. The summed E-state index contributed by atoms with van der Waals surface area (Å²) in [4.78, 5) is 4.66. The standard InChI is InChI=1S/C50H35N4O.Pt/c1-2-35-29-30-51-49(31-35)54-45-24-10-9-21-43(45)44-28-27-40(33-48(44)54)55-39-20-13-19-38(32-39)52-34-53(47-26-12-11-25-46(47)52)50-41(36-15-5-3-6-16-36)22-14-23-42(50)37-17-7-4-8-18-37;/h3-31,33H,2H2,1H3;/q-1;+2/i9D,10D,21D,24D;. The molecule has 3 heterocycles. The monoisotopic (exact) mass is 906 g/mol. The van der Waals surface area contributed by atoms with E-state index in [2.05, 4.69) is 108 Å². The molecule has 7 aromatic carbocycles. The first-order valence-electron chi connectivity index (χ1n) is 20.3. The minimum absolute atomic E-state index is 0. The first-order valence-corrected chi connectivity index (χ1v) is 18.3. The number of aromatic nitrogens is 4. The van der Waals surface area contributed by atoms with Crippen LogP contribution in [0.2, 0.25) is 0 Å². The van der Waals surface area contributed by atoms with E-state index in [9.17, 15) is 0 Å². The van der Waals surface area contributed by atoms with Gasteiger partial charge in [0.05, 0.1) is 33.2 Å². The number of nitrogens with zero attached hydrogens (tertiary/aromatic N) is 4. The van der Waals surface area contributed by atoms with E-state index >= 15 is 0 Å². The fourth-order valence-corrected chi connectivity index (χ4v) is 7.44. The van der Waals surface area contributed by atoms with Gasteiger partial charge in [-0.05, 0) is 70.2 Å². The van der Waals surface area contributed by atoms with Gasteiger partial charge in [0.1, 0.15) is 11.6 Å². The number of ether oxygens (including phenoxy) is 1. The molecule has 0 radical (unpaired) electrons. The van der Waals surface area contributed by atoms with Crippen molar-refractivity contribution in [3.8, 4) is 50.9 Å². The second kappa shape index (κ2) is 14.9. The SMILES string of the molecule is [2H]c1c([2H])c([2H])c2c(c1[2H])c1ccc(Oc3[c-]c(-n4[c-][n+](-c5c(-c6ccccc6)cccc5-c5ccccc5)c5ccccc54)ccc3)cc1n2-c1cc(CC)ccn1.[Pt+2].